The molecular formula is C30H25Cl3N4O7. The van der Waals surface area contributed by atoms with Gasteiger partial charge in [-0.25, -0.2) is 4.79 Å². The summed E-state index contributed by atoms with van der Waals surface area (Å²) < 4.78 is 0.680. The SMILES string of the molecule is O=C(NCc1cccc(Cl)c1)c1c(O)c(C(=O)NC(NCc2cccc(Cl)c2)C(=O)O)c(=O)n(Cc2ccccc2Cl)c1O. The number of carboxylic acid groups (broad SMARTS) is 1. The molecule has 0 aliphatic rings. The van der Waals surface area contributed by atoms with E-state index in [2.05, 4.69) is 16.0 Å². The van der Waals surface area contributed by atoms with E-state index in [1.54, 1.807) is 66.7 Å². The first-order valence-corrected chi connectivity index (χ1v) is 14.1. The zero-order valence-electron chi connectivity index (χ0n) is 22.7. The van der Waals surface area contributed by atoms with Crippen LogP contribution in [0, 0.1) is 0 Å². The van der Waals surface area contributed by atoms with Crippen molar-refractivity contribution in [3.63, 3.8) is 0 Å². The molecule has 0 saturated heterocycles. The van der Waals surface area contributed by atoms with Gasteiger partial charge in [0.15, 0.2) is 11.9 Å². The maximum Gasteiger partial charge on any atom is 0.341 e. The van der Waals surface area contributed by atoms with Crippen LogP contribution in [0.4, 0.5) is 0 Å². The molecule has 0 bridgehead atoms. The molecule has 11 nitrogen and oxygen atoms in total. The van der Waals surface area contributed by atoms with Crippen LogP contribution in [-0.4, -0.2) is 43.8 Å². The minimum absolute atomic E-state index is 0.0345. The number of carboxylic acids is 1. The van der Waals surface area contributed by atoms with Crippen LogP contribution in [0.5, 0.6) is 11.6 Å². The number of hydrogen-bond donors (Lipinski definition) is 6. The summed E-state index contributed by atoms with van der Waals surface area (Å²) >= 11 is 18.2. The number of nitrogens with one attached hydrogen (secondary N) is 3. The van der Waals surface area contributed by atoms with Crippen molar-refractivity contribution >= 4 is 52.6 Å². The zero-order valence-corrected chi connectivity index (χ0v) is 25.0. The van der Waals surface area contributed by atoms with Crippen LogP contribution in [0.3, 0.4) is 0 Å². The maximum absolute atomic E-state index is 13.5. The molecule has 1 aromatic heterocycles. The van der Waals surface area contributed by atoms with Crippen molar-refractivity contribution in [2.45, 2.75) is 25.8 Å². The zero-order chi connectivity index (χ0) is 32.0. The molecule has 1 unspecified atom stereocenters. The monoisotopic (exact) mass is 658 g/mol. The molecule has 44 heavy (non-hydrogen) atoms. The van der Waals surface area contributed by atoms with Gasteiger partial charge in [-0.05, 0) is 47.0 Å². The van der Waals surface area contributed by atoms with Gasteiger partial charge in [-0.15, -0.1) is 0 Å². The predicted octanol–water partition coefficient (Wildman–Crippen LogP) is 4.13. The van der Waals surface area contributed by atoms with Gasteiger partial charge in [-0.1, -0.05) is 77.3 Å². The van der Waals surface area contributed by atoms with Crippen molar-refractivity contribution in [3.8, 4) is 11.6 Å². The maximum atomic E-state index is 13.5. The smallest absolute Gasteiger partial charge is 0.341 e. The fourth-order valence-electron chi connectivity index (χ4n) is 4.24. The van der Waals surface area contributed by atoms with Crippen LogP contribution in [0.1, 0.15) is 37.4 Å². The first-order valence-electron chi connectivity index (χ1n) is 12.9. The van der Waals surface area contributed by atoms with Crippen molar-refractivity contribution in [2.24, 2.45) is 0 Å². The van der Waals surface area contributed by atoms with Crippen molar-refractivity contribution < 1.29 is 29.7 Å². The molecule has 3 aromatic carbocycles. The molecule has 1 atom stereocenters. The molecule has 0 aliphatic heterocycles. The van der Waals surface area contributed by atoms with Gasteiger partial charge < -0.3 is 26.0 Å². The summed E-state index contributed by atoms with van der Waals surface area (Å²) in [6.07, 6.45) is -1.73. The summed E-state index contributed by atoms with van der Waals surface area (Å²) in [5.74, 6) is -5.95. The quantitative estimate of drug-likeness (QED) is 0.131. The number of rotatable bonds is 11. The number of amides is 2. The van der Waals surface area contributed by atoms with Gasteiger partial charge in [0.25, 0.3) is 17.4 Å². The first-order chi connectivity index (χ1) is 21.0. The molecule has 0 spiro atoms. The van der Waals surface area contributed by atoms with Crippen LogP contribution in [0.2, 0.25) is 15.1 Å². The highest BCUT2D eigenvalue weighted by molar-refractivity contribution is 6.31. The van der Waals surface area contributed by atoms with Gasteiger partial charge in [0.2, 0.25) is 5.88 Å². The Morgan fingerprint density at radius 2 is 1.41 bits per heavy atom. The topological polar surface area (TPSA) is 170 Å². The summed E-state index contributed by atoms with van der Waals surface area (Å²) in [5.41, 5.74) is -1.43. The Bertz CT molecular complexity index is 1800. The van der Waals surface area contributed by atoms with E-state index in [9.17, 15) is 34.5 Å². The number of hydrogen-bond acceptors (Lipinski definition) is 7. The molecule has 0 radical (unpaired) electrons. The van der Waals surface area contributed by atoms with E-state index < -0.39 is 58.8 Å². The minimum Gasteiger partial charge on any atom is -0.506 e. The van der Waals surface area contributed by atoms with E-state index in [0.29, 0.717) is 31.3 Å². The third kappa shape index (κ3) is 7.69. The Balaban J connectivity index is 1.71. The summed E-state index contributed by atoms with van der Waals surface area (Å²) in [5, 5.41) is 40.1. The average molecular weight is 660 g/mol. The summed E-state index contributed by atoms with van der Waals surface area (Å²) in [6, 6.07) is 19.4. The van der Waals surface area contributed by atoms with E-state index in [-0.39, 0.29) is 18.1 Å². The minimum atomic E-state index is -1.73. The van der Waals surface area contributed by atoms with E-state index in [0.717, 1.165) is 0 Å². The van der Waals surface area contributed by atoms with E-state index >= 15 is 0 Å². The summed E-state index contributed by atoms with van der Waals surface area (Å²) in [7, 11) is 0. The first kappa shape index (κ1) is 32.4. The second-order valence-electron chi connectivity index (χ2n) is 9.47. The van der Waals surface area contributed by atoms with E-state index in [1.807, 2.05) is 0 Å². The molecule has 4 aromatic rings. The molecule has 1 heterocycles. The van der Waals surface area contributed by atoms with Crippen LogP contribution in [0.15, 0.2) is 77.6 Å². The normalized spacial score (nSPS) is 11.5. The van der Waals surface area contributed by atoms with Crippen molar-refractivity contribution in [1.29, 1.82) is 0 Å². The number of aliphatic carboxylic acids is 1. The lowest BCUT2D eigenvalue weighted by Gasteiger charge is -2.19. The van der Waals surface area contributed by atoms with Crippen LogP contribution < -0.4 is 21.5 Å². The summed E-state index contributed by atoms with van der Waals surface area (Å²) in [6.45, 7) is -0.514. The lowest BCUT2D eigenvalue weighted by molar-refractivity contribution is -0.140. The Hall–Kier alpha value is -4.55. The molecule has 6 N–H and O–H groups in total. The number of nitrogens with zero attached hydrogens (tertiary/aromatic N) is 1. The number of aromatic nitrogens is 1. The Labute approximate surface area is 265 Å². The van der Waals surface area contributed by atoms with Crippen LogP contribution in [-0.2, 0) is 24.4 Å². The fourth-order valence-corrected chi connectivity index (χ4v) is 4.86. The van der Waals surface area contributed by atoms with E-state index in [4.69, 9.17) is 34.8 Å². The number of aromatic hydroxyl groups is 2. The molecule has 0 fully saturated rings. The lowest BCUT2D eigenvalue weighted by Crippen LogP contribution is -2.51. The number of benzene rings is 3. The number of carbonyl (C=O) groups excluding carboxylic acids is 2. The molecule has 4 rings (SSSR count). The number of halogens is 3. The fraction of sp³-hybridized carbons (Fsp3) is 0.133. The van der Waals surface area contributed by atoms with Gasteiger partial charge >= 0.3 is 5.97 Å². The van der Waals surface area contributed by atoms with Gasteiger partial charge in [-0.2, -0.15) is 0 Å². The van der Waals surface area contributed by atoms with Gasteiger partial charge in [0.05, 0.1) is 6.54 Å². The average Bonchev–Trinajstić information content (AvgIpc) is 2.97. The van der Waals surface area contributed by atoms with Crippen LogP contribution in [0.25, 0.3) is 0 Å². The molecule has 0 aliphatic carbocycles. The third-order valence-electron chi connectivity index (χ3n) is 6.42. The number of pyridine rings is 1. The van der Waals surface area contributed by atoms with Gasteiger partial charge in [-0.3, -0.25) is 24.3 Å². The predicted molar refractivity (Wildman–Crippen MR) is 164 cm³/mol. The van der Waals surface area contributed by atoms with E-state index in [1.165, 1.54) is 6.07 Å². The highest BCUT2D eigenvalue weighted by Gasteiger charge is 2.32. The van der Waals surface area contributed by atoms with Gasteiger partial charge in [0.1, 0.15) is 11.1 Å². The van der Waals surface area contributed by atoms with Gasteiger partial charge in [0, 0.05) is 28.2 Å². The molecule has 14 heteroatoms. The third-order valence-corrected chi connectivity index (χ3v) is 7.26. The molecular weight excluding hydrogens is 635 g/mol. The lowest BCUT2D eigenvalue weighted by atomic mass is 10.1. The highest BCUT2D eigenvalue weighted by Crippen LogP contribution is 2.30. The largest absolute Gasteiger partial charge is 0.506 e. The number of carbonyl (C=O) groups is 3. The Kier molecular flexibility index (Phi) is 10.5. The summed E-state index contributed by atoms with van der Waals surface area (Å²) in [4.78, 5) is 52.1. The molecule has 0 saturated carbocycles. The molecule has 228 valence electrons. The van der Waals surface area contributed by atoms with Crippen molar-refractivity contribution in [3.05, 3.63) is 126 Å². The Morgan fingerprint density at radius 3 is 2.00 bits per heavy atom. The van der Waals surface area contributed by atoms with Crippen LogP contribution >= 0.6 is 34.8 Å². The second-order valence-corrected chi connectivity index (χ2v) is 10.8. The van der Waals surface area contributed by atoms with Crippen molar-refractivity contribution in [2.75, 3.05) is 0 Å². The standard InChI is InChI=1S/C30H25Cl3N4O7/c31-19-8-3-5-16(11-19)13-34-25(30(43)44)36-27(40)23-24(38)22(26(39)35-14-17-6-4-9-20(32)12-17)28(41)37(29(23)42)15-18-7-1-2-10-21(18)33/h1-12,25,34,38,41H,13-15H2,(H,35,39)(H,36,40)(H,43,44). The highest BCUT2D eigenvalue weighted by atomic mass is 35.5. The second kappa shape index (κ2) is 14.3. The molecule has 2 amide bonds. The Morgan fingerprint density at radius 1 is 0.795 bits per heavy atom. The van der Waals surface area contributed by atoms with Crippen molar-refractivity contribution in [1.82, 2.24) is 20.5 Å².